The summed E-state index contributed by atoms with van der Waals surface area (Å²) in [5.41, 5.74) is 5.90. The van der Waals surface area contributed by atoms with Gasteiger partial charge in [0.1, 0.15) is 5.82 Å². The summed E-state index contributed by atoms with van der Waals surface area (Å²) in [5.74, 6) is 0.379. The fraction of sp³-hybridized carbons (Fsp3) is 0.500. The zero-order valence-electron chi connectivity index (χ0n) is 8.89. The van der Waals surface area contributed by atoms with Crippen molar-refractivity contribution in [1.82, 2.24) is 4.98 Å². The number of pyridine rings is 1. The van der Waals surface area contributed by atoms with Crippen molar-refractivity contribution in [2.75, 3.05) is 10.5 Å². The van der Waals surface area contributed by atoms with Gasteiger partial charge in [-0.15, -0.1) is 0 Å². The first-order valence-electron chi connectivity index (χ1n) is 5.31. The van der Waals surface area contributed by atoms with Gasteiger partial charge in [-0.3, -0.25) is 4.72 Å². The van der Waals surface area contributed by atoms with Gasteiger partial charge in [-0.2, -0.15) is 0 Å². The van der Waals surface area contributed by atoms with Crippen molar-refractivity contribution in [1.29, 1.82) is 0 Å². The third-order valence-electron chi connectivity index (χ3n) is 2.79. The minimum Gasteiger partial charge on any atom is -0.384 e. The predicted molar refractivity (Wildman–Crippen MR) is 63.4 cm³/mol. The van der Waals surface area contributed by atoms with E-state index < -0.39 is 10.0 Å². The SMILES string of the molecule is Nc1ccc(NS(=O)(=O)C2CCCC2)cn1. The highest BCUT2D eigenvalue weighted by molar-refractivity contribution is 7.93. The maximum absolute atomic E-state index is 11.9. The van der Waals surface area contributed by atoms with Gasteiger partial charge in [0.25, 0.3) is 0 Å². The molecule has 5 nitrogen and oxygen atoms in total. The van der Waals surface area contributed by atoms with E-state index in [9.17, 15) is 8.42 Å². The fourth-order valence-corrected chi connectivity index (χ4v) is 3.48. The van der Waals surface area contributed by atoms with Crippen molar-refractivity contribution < 1.29 is 8.42 Å². The number of sulfonamides is 1. The molecular formula is C10H15N3O2S. The molecule has 3 N–H and O–H groups in total. The molecule has 0 radical (unpaired) electrons. The smallest absolute Gasteiger partial charge is 0.235 e. The molecule has 16 heavy (non-hydrogen) atoms. The van der Waals surface area contributed by atoms with Crippen LogP contribution in [0.5, 0.6) is 0 Å². The first kappa shape index (κ1) is 11.2. The summed E-state index contributed by atoms with van der Waals surface area (Å²) >= 11 is 0. The van der Waals surface area contributed by atoms with Crippen molar-refractivity contribution >= 4 is 21.5 Å². The lowest BCUT2D eigenvalue weighted by atomic mass is 10.4. The summed E-state index contributed by atoms with van der Waals surface area (Å²) in [5, 5.41) is -0.259. The van der Waals surface area contributed by atoms with Gasteiger partial charge in [0.05, 0.1) is 17.1 Å². The lowest BCUT2D eigenvalue weighted by molar-refractivity contribution is 0.585. The summed E-state index contributed by atoms with van der Waals surface area (Å²) in [7, 11) is -3.26. The standard InChI is InChI=1S/C10H15N3O2S/c11-10-6-5-8(7-12-10)13-16(14,15)9-3-1-2-4-9/h5-7,9,13H,1-4H2,(H2,11,12). The van der Waals surface area contributed by atoms with E-state index in [0.29, 0.717) is 11.5 Å². The molecule has 88 valence electrons. The number of nitrogens with zero attached hydrogens (tertiary/aromatic N) is 1. The zero-order valence-corrected chi connectivity index (χ0v) is 9.70. The Balaban J connectivity index is 2.11. The molecule has 0 saturated heterocycles. The Bertz CT molecular complexity index is 449. The molecule has 0 aliphatic heterocycles. The molecule has 1 aromatic rings. The second-order valence-electron chi connectivity index (χ2n) is 4.03. The number of nitrogens with two attached hydrogens (primary N) is 1. The molecule has 0 amide bonds. The Kier molecular flexibility index (Phi) is 3.00. The number of nitrogens with one attached hydrogen (secondary N) is 1. The van der Waals surface area contributed by atoms with Gasteiger partial charge in [0.15, 0.2) is 0 Å². The Morgan fingerprint density at radius 1 is 1.31 bits per heavy atom. The third kappa shape index (κ3) is 2.44. The monoisotopic (exact) mass is 241 g/mol. The van der Waals surface area contributed by atoms with Crippen molar-refractivity contribution in [3.63, 3.8) is 0 Å². The number of aromatic nitrogens is 1. The van der Waals surface area contributed by atoms with Crippen LogP contribution in [-0.4, -0.2) is 18.7 Å². The predicted octanol–water partition coefficient (Wildman–Crippen LogP) is 1.35. The van der Waals surface area contributed by atoms with Crippen LogP contribution in [0.4, 0.5) is 11.5 Å². The van der Waals surface area contributed by atoms with Crippen LogP contribution in [0.15, 0.2) is 18.3 Å². The molecule has 0 spiro atoms. The van der Waals surface area contributed by atoms with Gasteiger partial charge >= 0.3 is 0 Å². The minimum atomic E-state index is -3.26. The molecule has 1 aromatic heterocycles. The summed E-state index contributed by atoms with van der Waals surface area (Å²) in [6.07, 6.45) is 4.91. The fourth-order valence-electron chi connectivity index (χ4n) is 1.91. The molecule has 1 saturated carbocycles. The molecule has 1 aliphatic carbocycles. The topological polar surface area (TPSA) is 85.1 Å². The zero-order chi connectivity index (χ0) is 11.6. The molecule has 1 fully saturated rings. The van der Waals surface area contributed by atoms with E-state index >= 15 is 0 Å². The summed E-state index contributed by atoms with van der Waals surface area (Å²) < 4.78 is 26.4. The summed E-state index contributed by atoms with van der Waals surface area (Å²) in [6, 6.07) is 3.20. The highest BCUT2D eigenvalue weighted by Gasteiger charge is 2.28. The van der Waals surface area contributed by atoms with E-state index in [-0.39, 0.29) is 5.25 Å². The van der Waals surface area contributed by atoms with Gasteiger partial charge in [-0.05, 0) is 25.0 Å². The quantitative estimate of drug-likeness (QED) is 0.836. The maximum atomic E-state index is 11.9. The normalized spacial score (nSPS) is 17.5. The lowest BCUT2D eigenvalue weighted by Gasteiger charge is -2.12. The molecule has 0 bridgehead atoms. The van der Waals surface area contributed by atoms with Crippen LogP contribution in [-0.2, 0) is 10.0 Å². The Hall–Kier alpha value is -1.30. The largest absolute Gasteiger partial charge is 0.384 e. The minimum absolute atomic E-state index is 0.259. The van der Waals surface area contributed by atoms with Crippen LogP contribution in [0.3, 0.4) is 0 Å². The van der Waals surface area contributed by atoms with Crippen LogP contribution in [0, 0.1) is 0 Å². The Morgan fingerprint density at radius 2 is 2.00 bits per heavy atom. The maximum Gasteiger partial charge on any atom is 0.235 e. The van der Waals surface area contributed by atoms with Crippen molar-refractivity contribution in [2.45, 2.75) is 30.9 Å². The van der Waals surface area contributed by atoms with Gasteiger partial charge in [-0.25, -0.2) is 13.4 Å². The van der Waals surface area contributed by atoms with Crippen molar-refractivity contribution in [2.24, 2.45) is 0 Å². The average molecular weight is 241 g/mol. The van der Waals surface area contributed by atoms with Crippen molar-refractivity contribution in [3.05, 3.63) is 18.3 Å². The van der Waals surface area contributed by atoms with Crippen LogP contribution in [0.2, 0.25) is 0 Å². The lowest BCUT2D eigenvalue weighted by Crippen LogP contribution is -2.25. The van der Waals surface area contributed by atoms with E-state index in [0.717, 1.165) is 25.7 Å². The van der Waals surface area contributed by atoms with Crippen LogP contribution >= 0.6 is 0 Å². The molecule has 0 unspecified atom stereocenters. The van der Waals surface area contributed by atoms with Gasteiger partial charge in [0, 0.05) is 0 Å². The number of hydrogen-bond acceptors (Lipinski definition) is 4. The molecule has 6 heteroatoms. The van der Waals surface area contributed by atoms with Crippen LogP contribution in [0.1, 0.15) is 25.7 Å². The summed E-state index contributed by atoms with van der Waals surface area (Å²) in [6.45, 7) is 0. The van der Waals surface area contributed by atoms with Crippen LogP contribution in [0.25, 0.3) is 0 Å². The highest BCUT2D eigenvalue weighted by Crippen LogP contribution is 2.25. The summed E-state index contributed by atoms with van der Waals surface area (Å²) in [4.78, 5) is 3.84. The average Bonchev–Trinajstić information content (AvgIpc) is 2.75. The second-order valence-corrected chi connectivity index (χ2v) is 5.99. The molecule has 0 atom stereocenters. The molecule has 1 heterocycles. The number of nitrogen functional groups attached to an aromatic ring is 1. The molecule has 2 rings (SSSR count). The van der Waals surface area contributed by atoms with Gasteiger partial charge < -0.3 is 5.73 Å². The molecular weight excluding hydrogens is 226 g/mol. The second kappa shape index (κ2) is 4.29. The van der Waals surface area contributed by atoms with Gasteiger partial charge in [-0.1, -0.05) is 12.8 Å². The number of hydrogen-bond donors (Lipinski definition) is 2. The number of anilines is 2. The third-order valence-corrected chi connectivity index (χ3v) is 4.66. The Labute approximate surface area is 95.1 Å². The molecule has 0 aromatic carbocycles. The van der Waals surface area contributed by atoms with E-state index in [1.165, 1.54) is 6.20 Å². The van der Waals surface area contributed by atoms with E-state index in [4.69, 9.17) is 5.73 Å². The van der Waals surface area contributed by atoms with E-state index in [1.807, 2.05) is 0 Å². The number of rotatable bonds is 3. The highest BCUT2D eigenvalue weighted by atomic mass is 32.2. The first-order chi connectivity index (χ1) is 7.58. The molecule has 1 aliphatic rings. The van der Waals surface area contributed by atoms with Gasteiger partial charge in [0.2, 0.25) is 10.0 Å². The van der Waals surface area contributed by atoms with E-state index in [1.54, 1.807) is 12.1 Å². The first-order valence-corrected chi connectivity index (χ1v) is 6.86. The van der Waals surface area contributed by atoms with Crippen molar-refractivity contribution in [3.8, 4) is 0 Å². The Morgan fingerprint density at radius 3 is 2.56 bits per heavy atom. The van der Waals surface area contributed by atoms with Crippen LogP contribution < -0.4 is 10.5 Å². The van der Waals surface area contributed by atoms with E-state index in [2.05, 4.69) is 9.71 Å².